The van der Waals surface area contributed by atoms with Crippen molar-refractivity contribution in [2.75, 3.05) is 33.2 Å². The molecule has 1 saturated heterocycles. The number of aromatic nitrogens is 4. The number of hydrogen-bond acceptors (Lipinski definition) is 6. The van der Waals surface area contributed by atoms with Crippen molar-refractivity contribution in [2.45, 2.75) is 39.0 Å². The smallest absolute Gasteiger partial charge is 0.293 e. The first kappa shape index (κ1) is 17.1. The quantitative estimate of drug-likeness (QED) is 0.645. The first-order chi connectivity index (χ1) is 13.0. The van der Waals surface area contributed by atoms with Crippen LogP contribution in [0.2, 0.25) is 0 Å². The average Bonchev–Trinajstić information content (AvgIpc) is 3.24. The SMILES string of the molecule is Cc1nc2sc3c(c2c2nc(C(=O)N4CCN(C)CC4)nn12)C(C)CCC3. The van der Waals surface area contributed by atoms with Crippen LogP contribution in [0.3, 0.4) is 0 Å². The summed E-state index contributed by atoms with van der Waals surface area (Å²) in [5, 5.41) is 5.66. The van der Waals surface area contributed by atoms with Crippen LogP contribution in [-0.4, -0.2) is 68.5 Å². The van der Waals surface area contributed by atoms with Crippen molar-refractivity contribution in [1.29, 1.82) is 0 Å². The molecule has 0 radical (unpaired) electrons. The van der Waals surface area contributed by atoms with E-state index in [4.69, 9.17) is 9.97 Å². The number of aryl methyl sites for hydroxylation is 2. The molecule has 1 fully saturated rings. The summed E-state index contributed by atoms with van der Waals surface area (Å²) in [5.41, 5.74) is 2.17. The van der Waals surface area contributed by atoms with Gasteiger partial charge in [0, 0.05) is 31.1 Å². The summed E-state index contributed by atoms with van der Waals surface area (Å²) in [6.07, 6.45) is 3.54. The molecule has 4 heterocycles. The van der Waals surface area contributed by atoms with Crippen LogP contribution in [0.4, 0.5) is 0 Å². The van der Waals surface area contributed by atoms with Gasteiger partial charge < -0.3 is 9.80 Å². The lowest BCUT2D eigenvalue weighted by molar-refractivity contribution is 0.0652. The second-order valence-corrected chi connectivity index (χ2v) is 8.92. The van der Waals surface area contributed by atoms with Gasteiger partial charge in [0.15, 0.2) is 5.65 Å². The number of nitrogens with zero attached hydrogens (tertiary/aromatic N) is 6. The van der Waals surface area contributed by atoms with Crippen molar-refractivity contribution in [3.8, 4) is 0 Å². The maximum atomic E-state index is 13.0. The van der Waals surface area contributed by atoms with Crippen molar-refractivity contribution in [2.24, 2.45) is 0 Å². The topological polar surface area (TPSA) is 66.6 Å². The largest absolute Gasteiger partial charge is 0.333 e. The molecule has 0 saturated carbocycles. The summed E-state index contributed by atoms with van der Waals surface area (Å²) in [4.78, 5) is 29.0. The van der Waals surface area contributed by atoms with Crippen molar-refractivity contribution >= 4 is 33.1 Å². The Morgan fingerprint density at radius 3 is 2.74 bits per heavy atom. The number of rotatable bonds is 1. The molecule has 0 spiro atoms. The maximum Gasteiger partial charge on any atom is 0.293 e. The Labute approximate surface area is 162 Å². The van der Waals surface area contributed by atoms with E-state index in [0.717, 1.165) is 54.3 Å². The number of fused-ring (bicyclic) bond motifs is 5. The Kier molecular flexibility index (Phi) is 3.94. The van der Waals surface area contributed by atoms with Crippen LogP contribution in [0.1, 0.15) is 52.6 Å². The number of likely N-dealkylation sites (N-methyl/N-ethyl adjacent to an activating group) is 1. The van der Waals surface area contributed by atoms with Gasteiger partial charge in [0.2, 0.25) is 5.82 Å². The first-order valence-corrected chi connectivity index (χ1v) is 10.5. The third-order valence-electron chi connectivity index (χ3n) is 5.92. The Morgan fingerprint density at radius 2 is 1.96 bits per heavy atom. The van der Waals surface area contributed by atoms with Crippen molar-refractivity contribution in [1.82, 2.24) is 29.4 Å². The number of thiophene rings is 1. The lowest BCUT2D eigenvalue weighted by Gasteiger charge is -2.31. The molecule has 1 atom stereocenters. The number of piperazine rings is 1. The van der Waals surface area contributed by atoms with Gasteiger partial charge in [0.1, 0.15) is 10.7 Å². The zero-order chi connectivity index (χ0) is 18.7. The van der Waals surface area contributed by atoms with Gasteiger partial charge in [0.25, 0.3) is 5.91 Å². The Bertz CT molecular complexity index is 1050. The zero-order valence-electron chi connectivity index (χ0n) is 16.0. The van der Waals surface area contributed by atoms with Gasteiger partial charge in [-0.3, -0.25) is 4.79 Å². The fourth-order valence-electron chi connectivity index (χ4n) is 4.33. The minimum absolute atomic E-state index is 0.0727. The van der Waals surface area contributed by atoms with E-state index in [1.165, 1.54) is 23.3 Å². The van der Waals surface area contributed by atoms with Gasteiger partial charge >= 0.3 is 0 Å². The highest BCUT2D eigenvalue weighted by atomic mass is 32.1. The zero-order valence-corrected chi connectivity index (χ0v) is 16.8. The summed E-state index contributed by atoms with van der Waals surface area (Å²) in [6.45, 7) is 7.45. The third kappa shape index (κ3) is 2.65. The van der Waals surface area contributed by atoms with E-state index < -0.39 is 0 Å². The van der Waals surface area contributed by atoms with Gasteiger partial charge in [-0.2, -0.15) is 4.52 Å². The van der Waals surface area contributed by atoms with E-state index in [1.54, 1.807) is 15.9 Å². The maximum absolute atomic E-state index is 13.0. The van der Waals surface area contributed by atoms with Crippen molar-refractivity contribution < 1.29 is 4.79 Å². The minimum atomic E-state index is -0.0727. The monoisotopic (exact) mass is 384 g/mol. The lowest BCUT2D eigenvalue weighted by atomic mass is 9.87. The predicted molar refractivity (Wildman–Crippen MR) is 106 cm³/mol. The fourth-order valence-corrected chi connectivity index (χ4v) is 5.70. The van der Waals surface area contributed by atoms with Crippen molar-refractivity contribution in [3.05, 3.63) is 22.1 Å². The van der Waals surface area contributed by atoms with Crippen LogP contribution >= 0.6 is 11.3 Å². The molecule has 0 aromatic carbocycles. The lowest BCUT2D eigenvalue weighted by Crippen LogP contribution is -2.47. The number of carbonyl (C=O) groups is 1. The number of amides is 1. The number of carbonyl (C=O) groups excluding carboxylic acids is 1. The van der Waals surface area contributed by atoms with Crippen LogP contribution in [-0.2, 0) is 6.42 Å². The van der Waals surface area contributed by atoms with E-state index in [-0.39, 0.29) is 5.91 Å². The standard InChI is InChI=1S/C19H24N6OS/c1-11-5-4-6-13-14(11)15-17-21-16(19(26)24-9-7-23(3)8-10-24)22-25(17)12(2)20-18(15)27-13/h11H,4-10H2,1-3H3. The average molecular weight is 385 g/mol. The molecule has 2 aliphatic rings. The number of hydrogen-bond donors (Lipinski definition) is 0. The molecule has 142 valence electrons. The van der Waals surface area contributed by atoms with Gasteiger partial charge in [-0.1, -0.05) is 6.92 Å². The molecule has 0 N–H and O–H groups in total. The molecule has 27 heavy (non-hydrogen) atoms. The van der Waals surface area contributed by atoms with Crippen LogP contribution in [0.15, 0.2) is 0 Å². The molecule has 1 unspecified atom stereocenters. The molecular weight excluding hydrogens is 360 g/mol. The normalized spacial score (nSPS) is 21.1. The Morgan fingerprint density at radius 1 is 1.19 bits per heavy atom. The summed E-state index contributed by atoms with van der Waals surface area (Å²) >= 11 is 1.79. The van der Waals surface area contributed by atoms with Gasteiger partial charge in [-0.05, 0) is 44.7 Å². The summed E-state index contributed by atoms with van der Waals surface area (Å²) in [5.74, 6) is 1.51. The van der Waals surface area contributed by atoms with Crippen LogP contribution in [0.5, 0.6) is 0 Å². The summed E-state index contributed by atoms with van der Waals surface area (Å²) in [6, 6.07) is 0. The van der Waals surface area contributed by atoms with E-state index in [2.05, 4.69) is 24.0 Å². The molecule has 8 heteroatoms. The van der Waals surface area contributed by atoms with E-state index >= 15 is 0 Å². The molecule has 1 aliphatic carbocycles. The van der Waals surface area contributed by atoms with Crippen LogP contribution in [0, 0.1) is 6.92 Å². The van der Waals surface area contributed by atoms with Crippen molar-refractivity contribution in [3.63, 3.8) is 0 Å². The molecule has 1 amide bonds. The molecule has 5 rings (SSSR count). The molecule has 1 aliphatic heterocycles. The van der Waals surface area contributed by atoms with Gasteiger partial charge in [-0.25, -0.2) is 9.97 Å². The fraction of sp³-hybridized carbons (Fsp3) is 0.579. The second-order valence-electron chi connectivity index (χ2n) is 7.84. The first-order valence-electron chi connectivity index (χ1n) is 9.69. The third-order valence-corrected chi connectivity index (χ3v) is 7.08. The van der Waals surface area contributed by atoms with Gasteiger partial charge in [0.05, 0.1) is 5.39 Å². The molecule has 0 bridgehead atoms. The molecular formula is C19H24N6OS. The van der Waals surface area contributed by atoms with E-state index in [0.29, 0.717) is 11.7 Å². The Hall–Kier alpha value is -2.06. The highest BCUT2D eigenvalue weighted by Gasteiger charge is 2.28. The summed E-state index contributed by atoms with van der Waals surface area (Å²) in [7, 11) is 2.08. The highest BCUT2D eigenvalue weighted by Crippen LogP contribution is 2.42. The summed E-state index contributed by atoms with van der Waals surface area (Å²) < 4.78 is 1.76. The molecule has 3 aromatic rings. The van der Waals surface area contributed by atoms with Crippen LogP contribution in [0.25, 0.3) is 15.9 Å². The second kappa shape index (κ2) is 6.24. The molecule has 7 nitrogen and oxygen atoms in total. The minimum Gasteiger partial charge on any atom is -0.333 e. The van der Waals surface area contributed by atoms with E-state index in [9.17, 15) is 4.79 Å². The van der Waals surface area contributed by atoms with Gasteiger partial charge in [-0.15, -0.1) is 16.4 Å². The highest BCUT2D eigenvalue weighted by molar-refractivity contribution is 7.19. The van der Waals surface area contributed by atoms with Crippen LogP contribution < -0.4 is 0 Å². The Balaban J connectivity index is 1.64. The van der Waals surface area contributed by atoms with E-state index in [1.807, 2.05) is 11.8 Å². The molecule has 3 aromatic heterocycles. The predicted octanol–water partition coefficient (Wildman–Crippen LogP) is 2.47.